The molecule has 0 saturated heterocycles. The summed E-state index contributed by atoms with van der Waals surface area (Å²) in [4.78, 5) is 11.1. The fourth-order valence-corrected chi connectivity index (χ4v) is 1.47. The highest BCUT2D eigenvalue weighted by Crippen LogP contribution is 2.19. The van der Waals surface area contributed by atoms with Gasteiger partial charge in [-0.15, -0.1) is 0 Å². The standard InChI is InChI=1S/C10H17NO2/c1-2-13-10(12)7-8-3-5-9(11)6-4-8/h3,9H,2,4-7,11H2,1H3. The van der Waals surface area contributed by atoms with Crippen molar-refractivity contribution < 1.29 is 9.53 Å². The van der Waals surface area contributed by atoms with E-state index in [9.17, 15) is 4.79 Å². The molecule has 0 radical (unpaired) electrons. The Morgan fingerprint density at radius 3 is 3.08 bits per heavy atom. The summed E-state index contributed by atoms with van der Waals surface area (Å²) in [6.07, 6.45) is 5.35. The van der Waals surface area contributed by atoms with Crippen LogP contribution in [0.5, 0.6) is 0 Å². The van der Waals surface area contributed by atoms with E-state index in [0.29, 0.717) is 13.0 Å². The van der Waals surface area contributed by atoms with E-state index in [-0.39, 0.29) is 12.0 Å². The summed E-state index contributed by atoms with van der Waals surface area (Å²) in [5, 5.41) is 0. The lowest BCUT2D eigenvalue weighted by Crippen LogP contribution is -2.22. The third kappa shape index (κ3) is 3.59. The molecule has 1 rings (SSSR count). The first-order chi connectivity index (χ1) is 6.22. The fourth-order valence-electron chi connectivity index (χ4n) is 1.47. The third-order valence-electron chi connectivity index (χ3n) is 2.22. The first-order valence-corrected chi connectivity index (χ1v) is 4.81. The van der Waals surface area contributed by atoms with Crippen LogP contribution in [0.15, 0.2) is 11.6 Å². The molecule has 1 unspecified atom stereocenters. The van der Waals surface area contributed by atoms with Gasteiger partial charge in [0.1, 0.15) is 0 Å². The summed E-state index contributed by atoms with van der Waals surface area (Å²) in [7, 11) is 0. The SMILES string of the molecule is CCOC(=O)CC1=CCC(N)CC1. The number of hydrogen-bond acceptors (Lipinski definition) is 3. The Bertz CT molecular complexity index is 211. The molecule has 13 heavy (non-hydrogen) atoms. The lowest BCUT2D eigenvalue weighted by molar-refractivity contribution is -0.142. The average Bonchev–Trinajstić information content (AvgIpc) is 2.09. The van der Waals surface area contributed by atoms with E-state index in [1.807, 2.05) is 6.92 Å². The Labute approximate surface area is 78.9 Å². The van der Waals surface area contributed by atoms with Crippen LogP contribution in [-0.2, 0) is 9.53 Å². The van der Waals surface area contributed by atoms with Crippen molar-refractivity contribution in [3.63, 3.8) is 0 Å². The minimum absolute atomic E-state index is 0.121. The van der Waals surface area contributed by atoms with Gasteiger partial charge in [0.25, 0.3) is 0 Å². The van der Waals surface area contributed by atoms with Gasteiger partial charge < -0.3 is 10.5 Å². The van der Waals surface area contributed by atoms with Crippen molar-refractivity contribution in [3.8, 4) is 0 Å². The number of hydrogen-bond donors (Lipinski definition) is 1. The Kier molecular flexibility index (Phi) is 3.96. The zero-order valence-corrected chi connectivity index (χ0v) is 8.08. The van der Waals surface area contributed by atoms with E-state index in [0.717, 1.165) is 19.3 Å². The lowest BCUT2D eigenvalue weighted by Gasteiger charge is -2.17. The predicted molar refractivity (Wildman–Crippen MR) is 51.2 cm³/mol. The van der Waals surface area contributed by atoms with Gasteiger partial charge in [-0.2, -0.15) is 0 Å². The molecular formula is C10H17NO2. The highest BCUT2D eigenvalue weighted by Gasteiger charge is 2.13. The van der Waals surface area contributed by atoms with Crippen LogP contribution in [0.4, 0.5) is 0 Å². The lowest BCUT2D eigenvalue weighted by atomic mass is 9.94. The van der Waals surface area contributed by atoms with Crippen molar-refractivity contribution in [2.45, 2.75) is 38.6 Å². The summed E-state index contributed by atoms with van der Waals surface area (Å²) in [6.45, 7) is 2.29. The highest BCUT2D eigenvalue weighted by molar-refractivity contribution is 5.72. The molecule has 1 atom stereocenters. The Hall–Kier alpha value is -0.830. The Balaban J connectivity index is 2.33. The molecule has 1 aliphatic rings. The van der Waals surface area contributed by atoms with Gasteiger partial charge in [0.05, 0.1) is 13.0 Å². The van der Waals surface area contributed by atoms with Gasteiger partial charge in [0, 0.05) is 6.04 Å². The molecule has 1 aliphatic carbocycles. The molecule has 0 heterocycles. The predicted octanol–water partition coefficient (Wildman–Crippen LogP) is 1.38. The molecule has 0 spiro atoms. The minimum Gasteiger partial charge on any atom is -0.466 e. The average molecular weight is 183 g/mol. The zero-order valence-electron chi connectivity index (χ0n) is 8.08. The molecule has 0 aromatic heterocycles. The van der Waals surface area contributed by atoms with E-state index in [1.54, 1.807) is 0 Å². The van der Waals surface area contributed by atoms with Crippen molar-refractivity contribution in [2.75, 3.05) is 6.61 Å². The van der Waals surface area contributed by atoms with Crippen molar-refractivity contribution in [1.82, 2.24) is 0 Å². The maximum Gasteiger partial charge on any atom is 0.309 e. The molecule has 74 valence electrons. The number of nitrogens with two attached hydrogens (primary N) is 1. The zero-order chi connectivity index (χ0) is 9.68. The van der Waals surface area contributed by atoms with Crippen molar-refractivity contribution in [3.05, 3.63) is 11.6 Å². The number of rotatable bonds is 3. The van der Waals surface area contributed by atoms with Crippen LogP contribution in [0.1, 0.15) is 32.6 Å². The van der Waals surface area contributed by atoms with Crippen LogP contribution in [0.3, 0.4) is 0 Å². The molecule has 0 bridgehead atoms. The number of ether oxygens (including phenoxy) is 1. The first-order valence-electron chi connectivity index (χ1n) is 4.81. The van der Waals surface area contributed by atoms with Gasteiger partial charge in [-0.1, -0.05) is 11.6 Å². The van der Waals surface area contributed by atoms with E-state index < -0.39 is 0 Å². The van der Waals surface area contributed by atoms with Crippen LogP contribution in [0, 0.1) is 0 Å². The number of carbonyl (C=O) groups excluding carboxylic acids is 1. The van der Waals surface area contributed by atoms with Gasteiger partial charge in [0.2, 0.25) is 0 Å². The fraction of sp³-hybridized carbons (Fsp3) is 0.700. The van der Waals surface area contributed by atoms with Crippen molar-refractivity contribution in [2.24, 2.45) is 5.73 Å². The van der Waals surface area contributed by atoms with Crippen LogP contribution in [0.2, 0.25) is 0 Å². The van der Waals surface area contributed by atoms with Crippen molar-refractivity contribution in [1.29, 1.82) is 0 Å². The summed E-state index contributed by atoms with van der Waals surface area (Å²) in [5.74, 6) is -0.121. The van der Waals surface area contributed by atoms with Gasteiger partial charge in [0.15, 0.2) is 0 Å². The molecule has 0 aromatic rings. The molecule has 3 nitrogen and oxygen atoms in total. The second-order valence-corrected chi connectivity index (χ2v) is 3.38. The van der Waals surface area contributed by atoms with Crippen LogP contribution in [-0.4, -0.2) is 18.6 Å². The first kappa shape index (κ1) is 10.3. The molecule has 0 amide bonds. The van der Waals surface area contributed by atoms with E-state index in [1.165, 1.54) is 5.57 Å². The van der Waals surface area contributed by atoms with Gasteiger partial charge in [-0.25, -0.2) is 0 Å². The van der Waals surface area contributed by atoms with E-state index in [2.05, 4.69) is 6.08 Å². The molecule has 2 N–H and O–H groups in total. The Morgan fingerprint density at radius 1 is 1.77 bits per heavy atom. The summed E-state index contributed by atoms with van der Waals surface area (Å²) in [5.41, 5.74) is 6.91. The summed E-state index contributed by atoms with van der Waals surface area (Å²) in [6, 6.07) is 0.283. The second kappa shape index (κ2) is 5.02. The van der Waals surface area contributed by atoms with E-state index in [4.69, 9.17) is 10.5 Å². The molecular weight excluding hydrogens is 166 g/mol. The Morgan fingerprint density at radius 2 is 2.54 bits per heavy atom. The summed E-state index contributed by atoms with van der Waals surface area (Å²) >= 11 is 0. The van der Waals surface area contributed by atoms with E-state index >= 15 is 0 Å². The quantitative estimate of drug-likeness (QED) is 0.531. The number of esters is 1. The van der Waals surface area contributed by atoms with Crippen molar-refractivity contribution >= 4 is 5.97 Å². The van der Waals surface area contributed by atoms with Crippen LogP contribution >= 0.6 is 0 Å². The van der Waals surface area contributed by atoms with Gasteiger partial charge >= 0.3 is 5.97 Å². The van der Waals surface area contributed by atoms with Gasteiger partial charge in [-0.05, 0) is 26.2 Å². The van der Waals surface area contributed by atoms with Crippen LogP contribution < -0.4 is 5.73 Å². The number of carbonyl (C=O) groups is 1. The van der Waals surface area contributed by atoms with Crippen LogP contribution in [0.25, 0.3) is 0 Å². The van der Waals surface area contributed by atoms with Gasteiger partial charge in [-0.3, -0.25) is 4.79 Å². The third-order valence-corrected chi connectivity index (χ3v) is 2.22. The monoisotopic (exact) mass is 183 g/mol. The molecule has 0 aliphatic heterocycles. The molecule has 0 fully saturated rings. The molecule has 3 heteroatoms. The topological polar surface area (TPSA) is 52.3 Å². The second-order valence-electron chi connectivity index (χ2n) is 3.38. The smallest absolute Gasteiger partial charge is 0.309 e. The highest BCUT2D eigenvalue weighted by atomic mass is 16.5. The summed E-state index contributed by atoms with van der Waals surface area (Å²) < 4.78 is 4.86. The normalized spacial score (nSPS) is 22.3. The minimum atomic E-state index is -0.121. The largest absolute Gasteiger partial charge is 0.466 e. The molecule has 0 aromatic carbocycles. The maximum absolute atomic E-state index is 11.1. The molecule has 0 saturated carbocycles. The maximum atomic E-state index is 11.1.